The molecule has 0 radical (unpaired) electrons. The summed E-state index contributed by atoms with van der Waals surface area (Å²) in [5.74, 6) is 0.0235. The Morgan fingerprint density at radius 3 is 2.87 bits per heavy atom. The van der Waals surface area contributed by atoms with Crippen LogP contribution in [0.5, 0.6) is 11.5 Å². The lowest BCUT2D eigenvalue weighted by molar-refractivity contribution is -0.126. The third kappa shape index (κ3) is 2.32. The Morgan fingerprint density at radius 1 is 1.17 bits per heavy atom. The average molecular weight is 312 g/mol. The molecule has 23 heavy (non-hydrogen) atoms. The average Bonchev–Trinajstić information content (AvgIpc) is 2.86. The van der Waals surface area contributed by atoms with Gasteiger partial charge in [0.2, 0.25) is 5.78 Å². The van der Waals surface area contributed by atoms with Crippen molar-refractivity contribution in [3.8, 4) is 11.5 Å². The summed E-state index contributed by atoms with van der Waals surface area (Å²) in [4.78, 5) is 24.9. The van der Waals surface area contributed by atoms with Crippen molar-refractivity contribution in [3.05, 3.63) is 47.4 Å². The van der Waals surface area contributed by atoms with Crippen molar-refractivity contribution >= 4 is 11.6 Å². The Morgan fingerprint density at radius 2 is 2.00 bits per heavy atom. The van der Waals surface area contributed by atoms with Gasteiger partial charge in [-0.25, -0.2) is 0 Å². The Labute approximate surface area is 133 Å². The van der Waals surface area contributed by atoms with Gasteiger partial charge in [0, 0.05) is 6.07 Å². The zero-order valence-corrected chi connectivity index (χ0v) is 12.5. The quantitative estimate of drug-likeness (QED) is 0.807. The van der Waals surface area contributed by atoms with Crippen LogP contribution in [0.1, 0.15) is 36.0 Å². The monoisotopic (exact) mass is 312 g/mol. The Kier molecular flexibility index (Phi) is 3.22. The van der Waals surface area contributed by atoms with Crippen molar-refractivity contribution in [3.63, 3.8) is 0 Å². The molecular weight excluding hydrogens is 296 g/mol. The van der Waals surface area contributed by atoms with E-state index in [1.807, 2.05) is 0 Å². The molecule has 2 atom stereocenters. The minimum Gasteiger partial charge on any atom is -0.508 e. The molecule has 1 N–H and O–H groups in total. The van der Waals surface area contributed by atoms with E-state index in [2.05, 4.69) is 0 Å². The molecule has 4 rings (SSSR count). The van der Waals surface area contributed by atoms with Crippen LogP contribution in [0.4, 0.5) is 0 Å². The van der Waals surface area contributed by atoms with Crippen LogP contribution in [0.2, 0.25) is 0 Å². The molecule has 0 aromatic heterocycles. The van der Waals surface area contributed by atoms with Gasteiger partial charge in [0.1, 0.15) is 17.6 Å². The van der Waals surface area contributed by atoms with E-state index in [-0.39, 0.29) is 35.1 Å². The smallest absolute Gasteiger partial charge is 0.231 e. The highest BCUT2D eigenvalue weighted by atomic mass is 16.5. The van der Waals surface area contributed by atoms with Crippen LogP contribution in [0, 0.1) is 5.92 Å². The van der Waals surface area contributed by atoms with Gasteiger partial charge < -0.3 is 14.6 Å². The molecule has 0 amide bonds. The van der Waals surface area contributed by atoms with Crippen molar-refractivity contribution in [2.45, 2.75) is 31.8 Å². The highest BCUT2D eigenvalue weighted by Gasteiger charge is 2.37. The molecule has 3 aliphatic rings. The summed E-state index contributed by atoms with van der Waals surface area (Å²) in [6, 6.07) is 4.33. The number of ketones is 2. The maximum Gasteiger partial charge on any atom is 0.231 e. The Balaban J connectivity index is 1.63. The van der Waals surface area contributed by atoms with E-state index in [0.29, 0.717) is 16.9 Å². The summed E-state index contributed by atoms with van der Waals surface area (Å²) >= 11 is 0. The maximum atomic E-state index is 12.6. The Bertz CT molecular complexity index is 759. The minimum absolute atomic E-state index is 0.0173. The van der Waals surface area contributed by atoms with Crippen LogP contribution in [0.3, 0.4) is 0 Å². The second-order valence-corrected chi connectivity index (χ2v) is 6.12. The summed E-state index contributed by atoms with van der Waals surface area (Å²) in [5, 5.41) is 9.47. The summed E-state index contributed by atoms with van der Waals surface area (Å²) in [6.45, 7) is 0. The molecule has 118 valence electrons. The molecule has 2 aliphatic heterocycles. The summed E-state index contributed by atoms with van der Waals surface area (Å²) in [6.07, 6.45) is 6.70. The second kappa shape index (κ2) is 5.26. The molecule has 0 saturated heterocycles. The van der Waals surface area contributed by atoms with Crippen LogP contribution < -0.4 is 4.74 Å². The number of aromatic hydroxyl groups is 1. The molecule has 2 unspecified atom stereocenters. The number of hydrogen-bond donors (Lipinski definition) is 1. The first kappa shape index (κ1) is 14.1. The SMILES string of the molecule is O=C1/C(=C/C2=COC3CCCCC3C2=O)Oc2cc(O)ccc21. The van der Waals surface area contributed by atoms with Gasteiger partial charge in [0.25, 0.3) is 0 Å². The number of fused-ring (bicyclic) bond motifs is 2. The summed E-state index contributed by atoms with van der Waals surface area (Å²) in [5.41, 5.74) is 0.753. The summed E-state index contributed by atoms with van der Waals surface area (Å²) in [7, 11) is 0. The normalized spacial score (nSPS) is 27.8. The lowest BCUT2D eigenvalue weighted by atomic mass is 9.80. The maximum absolute atomic E-state index is 12.6. The van der Waals surface area contributed by atoms with E-state index in [1.54, 1.807) is 0 Å². The third-order valence-electron chi connectivity index (χ3n) is 4.63. The predicted octanol–water partition coefficient (Wildman–Crippen LogP) is 2.89. The van der Waals surface area contributed by atoms with E-state index >= 15 is 0 Å². The molecule has 1 aromatic carbocycles. The van der Waals surface area contributed by atoms with Crippen molar-refractivity contribution in [1.29, 1.82) is 0 Å². The molecule has 5 nitrogen and oxygen atoms in total. The number of allylic oxidation sites excluding steroid dienone is 3. The van der Waals surface area contributed by atoms with E-state index in [1.165, 1.54) is 30.5 Å². The van der Waals surface area contributed by atoms with Crippen LogP contribution >= 0.6 is 0 Å². The van der Waals surface area contributed by atoms with E-state index in [0.717, 1.165) is 25.7 Å². The lowest BCUT2D eigenvalue weighted by Gasteiger charge is -2.33. The van der Waals surface area contributed by atoms with E-state index < -0.39 is 0 Å². The molecular formula is C18H16O5. The number of phenols is 1. The largest absolute Gasteiger partial charge is 0.508 e. The van der Waals surface area contributed by atoms with Crippen LogP contribution in [-0.4, -0.2) is 22.8 Å². The lowest BCUT2D eigenvalue weighted by Crippen LogP contribution is -2.36. The van der Waals surface area contributed by atoms with Crippen molar-refractivity contribution in [1.82, 2.24) is 0 Å². The number of rotatable bonds is 1. The topological polar surface area (TPSA) is 72.8 Å². The fourth-order valence-corrected chi connectivity index (χ4v) is 3.41. The number of hydrogen-bond acceptors (Lipinski definition) is 5. The van der Waals surface area contributed by atoms with Gasteiger partial charge in [0.05, 0.1) is 23.3 Å². The Hall–Kier alpha value is -2.56. The first-order chi connectivity index (χ1) is 11.1. The molecule has 0 bridgehead atoms. The zero-order valence-electron chi connectivity index (χ0n) is 12.5. The van der Waals surface area contributed by atoms with Gasteiger partial charge in [-0.1, -0.05) is 6.42 Å². The van der Waals surface area contributed by atoms with Crippen molar-refractivity contribution in [2.75, 3.05) is 0 Å². The molecule has 1 aliphatic carbocycles. The van der Waals surface area contributed by atoms with Gasteiger partial charge in [-0.3, -0.25) is 9.59 Å². The minimum atomic E-state index is -0.292. The number of ether oxygens (including phenoxy) is 2. The first-order valence-corrected chi connectivity index (χ1v) is 7.80. The highest BCUT2D eigenvalue weighted by molar-refractivity contribution is 6.13. The number of carbonyl (C=O) groups is 2. The molecule has 5 heteroatoms. The predicted molar refractivity (Wildman–Crippen MR) is 81.1 cm³/mol. The second-order valence-electron chi connectivity index (χ2n) is 6.12. The van der Waals surface area contributed by atoms with Crippen molar-refractivity contribution in [2.24, 2.45) is 5.92 Å². The number of phenolic OH excluding ortho intramolecular Hbond substituents is 1. The van der Waals surface area contributed by atoms with Gasteiger partial charge in [-0.2, -0.15) is 0 Å². The van der Waals surface area contributed by atoms with Crippen molar-refractivity contribution < 1.29 is 24.2 Å². The van der Waals surface area contributed by atoms with E-state index in [4.69, 9.17) is 9.47 Å². The van der Waals surface area contributed by atoms with Crippen LogP contribution in [0.15, 0.2) is 41.9 Å². The fraction of sp³-hybridized carbons (Fsp3) is 0.333. The zero-order chi connectivity index (χ0) is 16.0. The molecule has 1 saturated carbocycles. The highest BCUT2D eigenvalue weighted by Crippen LogP contribution is 2.36. The fourth-order valence-electron chi connectivity index (χ4n) is 3.41. The number of Topliss-reactive ketones (excluding diaryl/α,β-unsaturated/α-hetero) is 2. The standard InChI is InChI=1S/C18H16O5/c19-11-5-6-13-15(8-11)23-16(18(13)21)7-10-9-22-14-4-2-1-3-12(14)17(10)20/h5-9,12,14,19H,1-4H2/b16-7-. The molecule has 1 fully saturated rings. The first-order valence-electron chi connectivity index (χ1n) is 7.80. The van der Waals surface area contributed by atoms with Crippen LogP contribution in [-0.2, 0) is 9.53 Å². The number of benzene rings is 1. The van der Waals surface area contributed by atoms with Gasteiger partial charge in [-0.05, 0) is 37.5 Å². The molecule has 1 aromatic rings. The third-order valence-corrected chi connectivity index (χ3v) is 4.63. The number of carbonyl (C=O) groups excluding carboxylic acids is 2. The summed E-state index contributed by atoms with van der Waals surface area (Å²) < 4.78 is 11.2. The molecule has 0 spiro atoms. The van der Waals surface area contributed by atoms with Gasteiger partial charge in [-0.15, -0.1) is 0 Å². The van der Waals surface area contributed by atoms with Crippen LogP contribution in [0.25, 0.3) is 0 Å². The van der Waals surface area contributed by atoms with E-state index in [9.17, 15) is 14.7 Å². The van der Waals surface area contributed by atoms with Gasteiger partial charge in [0.15, 0.2) is 11.5 Å². The molecule has 2 heterocycles. The van der Waals surface area contributed by atoms with Gasteiger partial charge >= 0.3 is 0 Å².